The molecule has 0 spiro atoms. The molecule has 2 aromatic heterocycles. The fourth-order valence-corrected chi connectivity index (χ4v) is 2.28. The Bertz CT molecular complexity index is 759. The summed E-state index contributed by atoms with van der Waals surface area (Å²) in [6, 6.07) is 5.96. The molecule has 0 saturated heterocycles. The van der Waals surface area contributed by atoms with E-state index in [1.54, 1.807) is 6.07 Å². The van der Waals surface area contributed by atoms with Crippen molar-refractivity contribution < 1.29 is 27.0 Å². The first-order chi connectivity index (χ1) is 13.2. The number of nitrogens with two attached hydrogens (primary N) is 2. The minimum atomic E-state index is -2.54. The Morgan fingerprint density at radius 3 is 1.86 bits per heavy atom. The van der Waals surface area contributed by atoms with Crippen LogP contribution in [0.25, 0.3) is 0 Å². The molecule has 0 bridgehead atoms. The molecule has 154 valence electrons. The van der Waals surface area contributed by atoms with Gasteiger partial charge in [0, 0.05) is 35.1 Å². The fourth-order valence-electron chi connectivity index (χ4n) is 2.07. The number of alkyl halides is 4. The van der Waals surface area contributed by atoms with Gasteiger partial charge in [0.05, 0.1) is 0 Å². The monoisotopic (exact) mass is 422 g/mol. The number of halogens is 5. The molecule has 1 aliphatic rings. The van der Waals surface area contributed by atoms with E-state index in [1.165, 1.54) is 18.2 Å². The average molecular weight is 423 g/mol. The molecule has 28 heavy (non-hydrogen) atoms. The van der Waals surface area contributed by atoms with Gasteiger partial charge in [0.1, 0.15) is 5.15 Å². The van der Waals surface area contributed by atoms with Crippen molar-refractivity contribution in [2.24, 2.45) is 0 Å². The van der Waals surface area contributed by atoms with Crippen molar-refractivity contribution in [2.75, 3.05) is 24.7 Å². The Kier molecular flexibility index (Phi) is 7.91. The topological polar surface area (TPSA) is 96.3 Å². The lowest BCUT2D eigenvalue weighted by Crippen LogP contribution is -2.08. The third-order valence-corrected chi connectivity index (χ3v) is 3.54. The summed E-state index contributed by atoms with van der Waals surface area (Å²) in [5.41, 5.74) is 12.7. The summed E-state index contributed by atoms with van der Waals surface area (Å²) in [5, 5.41) is 0.115. The highest BCUT2D eigenvalue weighted by Gasteiger charge is 2.25. The molecule has 0 aromatic carbocycles. The van der Waals surface area contributed by atoms with Gasteiger partial charge in [-0.05, 0) is 25.0 Å². The molecule has 6 nitrogen and oxygen atoms in total. The van der Waals surface area contributed by atoms with Crippen molar-refractivity contribution in [3.8, 4) is 11.8 Å². The lowest BCUT2D eigenvalue weighted by atomic mass is 10.2. The summed E-state index contributed by atoms with van der Waals surface area (Å²) in [7, 11) is 0. The van der Waals surface area contributed by atoms with Gasteiger partial charge in [-0.15, -0.1) is 0 Å². The van der Waals surface area contributed by atoms with Gasteiger partial charge in [-0.2, -0.15) is 0 Å². The number of hydrogen-bond acceptors (Lipinski definition) is 6. The Labute approximate surface area is 163 Å². The molecule has 1 aliphatic carbocycles. The van der Waals surface area contributed by atoms with E-state index < -0.39 is 26.1 Å². The van der Waals surface area contributed by atoms with E-state index in [2.05, 4.69) is 14.7 Å². The number of anilines is 2. The fraction of sp³-hybridized carbons (Fsp3) is 0.412. The van der Waals surface area contributed by atoms with Crippen molar-refractivity contribution in [3.05, 3.63) is 35.1 Å². The third kappa shape index (κ3) is 8.03. The van der Waals surface area contributed by atoms with Gasteiger partial charge in [0.15, 0.2) is 13.2 Å². The highest BCUT2D eigenvalue weighted by atomic mass is 35.5. The molecular weight excluding hydrogens is 404 g/mol. The lowest BCUT2D eigenvalue weighted by molar-refractivity contribution is 0.0794. The molecule has 1 saturated carbocycles. The number of ether oxygens (including phenoxy) is 2. The smallest absolute Gasteiger partial charge is 0.272 e. The Morgan fingerprint density at radius 1 is 0.893 bits per heavy atom. The van der Waals surface area contributed by atoms with Crippen LogP contribution in [0.5, 0.6) is 11.8 Å². The van der Waals surface area contributed by atoms with Crippen LogP contribution in [0.1, 0.15) is 24.5 Å². The first-order valence-electron chi connectivity index (χ1n) is 8.25. The van der Waals surface area contributed by atoms with Gasteiger partial charge in [-0.25, -0.2) is 27.5 Å². The van der Waals surface area contributed by atoms with E-state index in [-0.39, 0.29) is 16.9 Å². The van der Waals surface area contributed by atoms with Crippen LogP contribution in [0.2, 0.25) is 5.15 Å². The minimum absolute atomic E-state index is 0.00491. The predicted octanol–water partition coefficient (Wildman–Crippen LogP) is 4.15. The average Bonchev–Trinajstić information content (AvgIpc) is 3.42. The number of nitrogens with zero attached hydrogens (tertiary/aromatic N) is 2. The molecular formula is C17H19ClF4N4O2. The first-order valence-corrected chi connectivity index (χ1v) is 8.63. The number of nitrogen functional groups attached to an aromatic ring is 2. The zero-order valence-corrected chi connectivity index (χ0v) is 15.4. The third-order valence-electron chi connectivity index (χ3n) is 3.35. The second-order valence-corrected chi connectivity index (χ2v) is 6.29. The van der Waals surface area contributed by atoms with E-state index in [0.717, 1.165) is 18.5 Å². The summed E-state index contributed by atoms with van der Waals surface area (Å²) in [6.07, 6.45) is -2.85. The van der Waals surface area contributed by atoms with Gasteiger partial charge < -0.3 is 20.9 Å². The maximum atomic E-state index is 11.9. The molecule has 1 fully saturated rings. The lowest BCUT2D eigenvalue weighted by Gasteiger charge is -2.07. The van der Waals surface area contributed by atoms with Crippen LogP contribution in [0.4, 0.5) is 28.9 Å². The Morgan fingerprint density at radius 2 is 1.39 bits per heavy atom. The normalized spacial score (nSPS) is 13.2. The zero-order chi connectivity index (χ0) is 20.7. The van der Waals surface area contributed by atoms with Crippen molar-refractivity contribution in [2.45, 2.75) is 31.6 Å². The molecule has 0 unspecified atom stereocenters. The van der Waals surface area contributed by atoms with Gasteiger partial charge in [-0.3, -0.25) is 0 Å². The number of aromatic nitrogens is 2. The first kappa shape index (κ1) is 21.8. The molecule has 11 heteroatoms. The second kappa shape index (κ2) is 10.2. The molecule has 0 radical (unpaired) electrons. The van der Waals surface area contributed by atoms with Crippen LogP contribution in [0.15, 0.2) is 24.3 Å². The Hall–Kier alpha value is -2.49. The van der Waals surface area contributed by atoms with E-state index in [1.807, 2.05) is 0 Å². The zero-order valence-electron chi connectivity index (χ0n) is 14.6. The molecule has 0 amide bonds. The van der Waals surface area contributed by atoms with E-state index in [4.69, 9.17) is 27.8 Å². The number of pyridine rings is 2. The van der Waals surface area contributed by atoms with Crippen molar-refractivity contribution >= 4 is 23.0 Å². The van der Waals surface area contributed by atoms with Gasteiger partial charge in [0.2, 0.25) is 11.8 Å². The molecule has 0 aliphatic heterocycles. The number of rotatable bonds is 7. The van der Waals surface area contributed by atoms with Gasteiger partial charge in [-0.1, -0.05) is 11.6 Å². The van der Waals surface area contributed by atoms with Crippen LogP contribution in [-0.2, 0) is 0 Å². The molecule has 3 rings (SSSR count). The summed E-state index contributed by atoms with van der Waals surface area (Å²) in [6.45, 7) is -1.35. The molecule has 0 atom stereocenters. The number of hydrogen-bond donors (Lipinski definition) is 2. The molecule has 2 heterocycles. The summed E-state index contributed by atoms with van der Waals surface area (Å²) < 4.78 is 56.7. The summed E-state index contributed by atoms with van der Waals surface area (Å²) in [4.78, 5) is 7.77. The van der Waals surface area contributed by atoms with E-state index in [0.29, 0.717) is 17.3 Å². The minimum Gasteiger partial charge on any atom is -0.472 e. The van der Waals surface area contributed by atoms with Gasteiger partial charge in [0.25, 0.3) is 12.9 Å². The second-order valence-electron chi connectivity index (χ2n) is 5.90. The van der Waals surface area contributed by atoms with Crippen LogP contribution in [-0.4, -0.2) is 36.0 Å². The van der Waals surface area contributed by atoms with Crippen molar-refractivity contribution in [1.82, 2.24) is 9.97 Å². The quantitative estimate of drug-likeness (QED) is 0.514. The predicted molar refractivity (Wildman–Crippen MR) is 97.3 cm³/mol. The highest BCUT2D eigenvalue weighted by molar-refractivity contribution is 6.29. The van der Waals surface area contributed by atoms with Crippen LogP contribution in [0.3, 0.4) is 0 Å². The Balaban J connectivity index is 0.000000203. The van der Waals surface area contributed by atoms with E-state index in [9.17, 15) is 17.6 Å². The van der Waals surface area contributed by atoms with E-state index >= 15 is 0 Å². The van der Waals surface area contributed by atoms with Crippen molar-refractivity contribution in [1.29, 1.82) is 0 Å². The highest BCUT2D eigenvalue weighted by Crippen LogP contribution is 2.40. The SMILES string of the molecule is Nc1cc(Cl)nc(OCC(F)F)c1.Nc1cc(OCC(F)F)nc(C2CC2)c1. The molecule has 4 N–H and O–H groups in total. The van der Waals surface area contributed by atoms with Crippen LogP contribution < -0.4 is 20.9 Å². The van der Waals surface area contributed by atoms with Gasteiger partial charge >= 0.3 is 0 Å². The maximum absolute atomic E-state index is 11.9. The van der Waals surface area contributed by atoms with Crippen LogP contribution in [0, 0.1) is 0 Å². The standard InChI is InChI=1S/C10H12F2N2O.C7H7ClF2N2O/c11-9(12)5-15-10-4-7(13)3-8(14-10)6-1-2-6;8-5-1-4(11)2-7(12-5)13-3-6(9)10/h3-4,6,9H,1-2,5H2,(H2,13,14);1-2,6H,3H2,(H2,11,12). The van der Waals surface area contributed by atoms with Crippen molar-refractivity contribution in [3.63, 3.8) is 0 Å². The molecule has 2 aromatic rings. The maximum Gasteiger partial charge on any atom is 0.272 e. The van der Waals surface area contributed by atoms with Crippen LogP contribution >= 0.6 is 11.6 Å². The summed E-state index contributed by atoms with van der Waals surface area (Å²) >= 11 is 5.51. The largest absolute Gasteiger partial charge is 0.472 e. The summed E-state index contributed by atoms with van der Waals surface area (Å²) in [5.74, 6) is 0.630.